The van der Waals surface area contributed by atoms with Crippen LogP contribution in [0, 0.1) is 0 Å². The van der Waals surface area contributed by atoms with Crippen molar-refractivity contribution in [3.8, 4) is 0 Å². The Balaban J connectivity index is 3.42. The molecule has 0 saturated carbocycles. The predicted molar refractivity (Wildman–Crippen MR) is 333 cm³/mol. The third-order valence-corrected chi connectivity index (χ3v) is 15.9. The average molecular weight is 1070 g/mol. The topological polar surface area (TPSA) is 95.9 Å². The van der Waals surface area contributed by atoms with Crippen molar-refractivity contribution in [2.75, 3.05) is 13.2 Å². The predicted octanol–water partition coefficient (Wildman–Crippen LogP) is 21.9. The first-order valence-electron chi connectivity index (χ1n) is 34.3. The summed E-state index contributed by atoms with van der Waals surface area (Å²) in [6.45, 7) is 4.90. The maximum absolute atomic E-state index is 12.5. The van der Waals surface area contributed by atoms with Gasteiger partial charge in [0.15, 0.2) is 0 Å². The molecule has 2 atom stereocenters. The van der Waals surface area contributed by atoms with Gasteiger partial charge < -0.3 is 20.3 Å². The highest BCUT2D eigenvalue weighted by Gasteiger charge is 2.18. The molecular weight excluding hydrogens is 935 g/mol. The molecular formula is C70H133NO5. The lowest BCUT2D eigenvalue weighted by molar-refractivity contribution is -0.143. The molecule has 0 bridgehead atoms. The zero-order valence-corrected chi connectivity index (χ0v) is 51.3. The fourth-order valence-corrected chi connectivity index (χ4v) is 10.7. The molecule has 0 aliphatic heterocycles. The van der Waals surface area contributed by atoms with Crippen LogP contribution in [0.3, 0.4) is 0 Å². The average Bonchev–Trinajstić information content (AvgIpc) is 3.42. The lowest BCUT2D eigenvalue weighted by atomic mass is 10.0. The summed E-state index contributed by atoms with van der Waals surface area (Å²) in [4.78, 5) is 24.6. The Bertz CT molecular complexity index is 1230. The van der Waals surface area contributed by atoms with Gasteiger partial charge in [0.2, 0.25) is 5.91 Å². The summed E-state index contributed by atoms with van der Waals surface area (Å²) in [5, 5.41) is 23.3. The molecule has 0 saturated heterocycles. The summed E-state index contributed by atoms with van der Waals surface area (Å²) in [6.07, 6.45) is 83.5. The highest BCUT2D eigenvalue weighted by Crippen LogP contribution is 2.18. The van der Waals surface area contributed by atoms with E-state index in [4.69, 9.17) is 4.74 Å². The van der Waals surface area contributed by atoms with Gasteiger partial charge in [0, 0.05) is 12.8 Å². The Morgan fingerprint density at radius 3 is 1.03 bits per heavy atom. The maximum atomic E-state index is 12.5. The molecule has 0 aromatic carbocycles. The Morgan fingerprint density at radius 2 is 0.658 bits per heavy atom. The molecule has 6 heteroatoms. The second kappa shape index (κ2) is 65.6. The van der Waals surface area contributed by atoms with Crippen LogP contribution in [-0.2, 0) is 14.3 Å². The number of unbranched alkanes of at least 4 members (excludes halogenated alkanes) is 49. The van der Waals surface area contributed by atoms with Gasteiger partial charge in [-0.1, -0.05) is 333 Å². The fourth-order valence-electron chi connectivity index (χ4n) is 10.7. The van der Waals surface area contributed by atoms with E-state index in [1.54, 1.807) is 6.08 Å². The third kappa shape index (κ3) is 61.3. The van der Waals surface area contributed by atoms with Crippen LogP contribution in [-0.4, -0.2) is 47.4 Å². The number of rotatable bonds is 64. The van der Waals surface area contributed by atoms with Gasteiger partial charge in [-0.25, -0.2) is 0 Å². The second-order valence-corrected chi connectivity index (χ2v) is 23.5. The number of carbonyl (C=O) groups excluding carboxylic acids is 2. The third-order valence-electron chi connectivity index (χ3n) is 15.9. The van der Waals surface area contributed by atoms with Gasteiger partial charge in [-0.15, -0.1) is 0 Å². The molecule has 0 rings (SSSR count). The summed E-state index contributed by atoms with van der Waals surface area (Å²) in [5.41, 5.74) is 0. The van der Waals surface area contributed by atoms with Gasteiger partial charge in [0.1, 0.15) is 0 Å². The lowest BCUT2D eigenvalue weighted by Crippen LogP contribution is -2.45. The van der Waals surface area contributed by atoms with E-state index in [1.165, 1.54) is 295 Å². The summed E-state index contributed by atoms with van der Waals surface area (Å²) in [5.74, 6) is -0.0677. The van der Waals surface area contributed by atoms with Crippen molar-refractivity contribution in [3.63, 3.8) is 0 Å². The number of aliphatic hydroxyl groups excluding tert-OH is 2. The summed E-state index contributed by atoms with van der Waals surface area (Å²) in [6, 6.07) is -0.630. The first-order valence-corrected chi connectivity index (χ1v) is 34.3. The molecule has 6 nitrogen and oxygen atoms in total. The first-order chi connectivity index (χ1) is 37.5. The summed E-state index contributed by atoms with van der Waals surface area (Å²) in [7, 11) is 0. The van der Waals surface area contributed by atoms with Crippen molar-refractivity contribution in [3.05, 3.63) is 36.5 Å². The molecule has 3 N–H and O–H groups in total. The molecule has 0 fully saturated rings. The summed E-state index contributed by atoms with van der Waals surface area (Å²) >= 11 is 0. The van der Waals surface area contributed by atoms with E-state index in [9.17, 15) is 19.8 Å². The molecule has 2 unspecified atom stereocenters. The van der Waals surface area contributed by atoms with Crippen LogP contribution >= 0.6 is 0 Å². The minimum Gasteiger partial charge on any atom is -0.466 e. The molecule has 0 aliphatic carbocycles. The number of hydrogen-bond acceptors (Lipinski definition) is 5. The number of ether oxygens (including phenoxy) is 1. The van der Waals surface area contributed by atoms with Crippen LogP contribution in [0.1, 0.15) is 373 Å². The molecule has 0 spiro atoms. The van der Waals surface area contributed by atoms with Gasteiger partial charge in [0.05, 0.1) is 25.4 Å². The number of amides is 1. The van der Waals surface area contributed by atoms with E-state index in [0.717, 1.165) is 51.4 Å². The van der Waals surface area contributed by atoms with Crippen LogP contribution in [0.5, 0.6) is 0 Å². The standard InChI is InChI=1S/C70H133NO5/c1-3-5-7-9-11-13-15-17-19-20-21-22-23-25-28-31-35-38-42-46-50-54-58-62-68(73)67(66-72)71-69(74)63-59-55-51-47-43-39-36-32-29-26-24-27-30-33-37-41-45-49-53-57-61-65-76-70(75)64-60-56-52-48-44-40-34-18-16-14-12-10-8-6-4-2/h12,14,18,34,58,62,67-68,72-73H,3-11,13,15-17,19-33,35-57,59-61,63-66H2,1-2H3,(H,71,74)/b14-12-,34-18-,62-58+. The van der Waals surface area contributed by atoms with Crippen LogP contribution in [0.4, 0.5) is 0 Å². The molecule has 1 amide bonds. The monoisotopic (exact) mass is 1070 g/mol. The minimum atomic E-state index is -0.847. The normalized spacial score (nSPS) is 12.7. The number of allylic oxidation sites excluding steroid dienone is 5. The van der Waals surface area contributed by atoms with E-state index in [0.29, 0.717) is 19.4 Å². The smallest absolute Gasteiger partial charge is 0.305 e. The highest BCUT2D eigenvalue weighted by atomic mass is 16.5. The highest BCUT2D eigenvalue weighted by molar-refractivity contribution is 5.76. The van der Waals surface area contributed by atoms with Gasteiger partial charge in [-0.2, -0.15) is 0 Å². The van der Waals surface area contributed by atoms with Crippen molar-refractivity contribution < 1.29 is 24.5 Å². The van der Waals surface area contributed by atoms with Crippen molar-refractivity contribution in [2.45, 2.75) is 386 Å². The van der Waals surface area contributed by atoms with Crippen molar-refractivity contribution >= 4 is 11.9 Å². The number of carbonyl (C=O) groups is 2. The van der Waals surface area contributed by atoms with E-state index in [2.05, 4.69) is 43.5 Å². The van der Waals surface area contributed by atoms with Crippen LogP contribution in [0.25, 0.3) is 0 Å². The Kier molecular flexibility index (Phi) is 63.9. The Hall–Kier alpha value is -1.92. The van der Waals surface area contributed by atoms with Gasteiger partial charge in [0.25, 0.3) is 0 Å². The van der Waals surface area contributed by atoms with E-state index < -0.39 is 12.1 Å². The first kappa shape index (κ1) is 74.1. The second-order valence-electron chi connectivity index (χ2n) is 23.5. The number of aliphatic hydroxyl groups is 2. The number of nitrogens with one attached hydrogen (secondary N) is 1. The Morgan fingerprint density at radius 1 is 0.368 bits per heavy atom. The van der Waals surface area contributed by atoms with Gasteiger partial charge >= 0.3 is 5.97 Å². The van der Waals surface area contributed by atoms with Crippen molar-refractivity contribution in [1.82, 2.24) is 5.32 Å². The largest absolute Gasteiger partial charge is 0.466 e. The number of esters is 1. The van der Waals surface area contributed by atoms with Crippen LogP contribution < -0.4 is 5.32 Å². The molecule has 0 aromatic rings. The van der Waals surface area contributed by atoms with E-state index >= 15 is 0 Å². The number of hydrogen-bond donors (Lipinski definition) is 3. The minimum absolute atomic E-state index is 0.00210. The molecule has 0 heterocycles. The zero-order chi connectivity index (χ0) is 55.0. The van der Waals surface area contributed by atoms with Crippen molar-refractivity contribution in [2.24, 2.45) is 0 Å². The van der Waals surface area contributed by atoms with Crippen LogP contribution in [0.15, 0.2) is 36.5 Å². The molecule has 448 valence electrons. The maximum Gasteiger partial charge on any atom is 0.305 e. The molecule has 0 aliphatic rings. The molecule has 76 heavy (non-hydrogen) atoms. The quantitative estimate of drug-likeness (QED) is 0.0320. The lowest BCUT2D eigenvalue weighted by Gasteiger charge is -2.20. The fraction of sp³-hybridized carbons (Fsp3) is 0.886. The van der Waals surface area contributed by atoms with E-state index in [1.807, 2.05) is 6.08 Å². The zero-order valence-electron chi connectivity index (χ0n) is 51.3. The SMILES string of the molecule is CCCCC/C=C\C/C=C\CCCCCCCC(=O)OCCCCCCCCCCCCCCCCCCCCCCCC(=O)NC(CO)C(O)/C=C/CCCCCCCCCCCCCCCCCCCCCCC. The van der Waals surface area contributed by atoms with E-state index in [-0.39, 0.29) is 18.5 Å². The van der Waals surface area contributed by atoms with Gasteiger partial charge in [-0.3, -0.25) is 9.59 Å². The summed E-state index contributed by atoms with van der Waals surface area (Å²) < 4.78 is 5.48. The molecule has 0 aromatic heterocycles. The van der Waals surface area contributed by atoms with Crippen LogP contribution in [0.2, 0.25) is 0 Å². The van der Waals surface area contributed by atoms with Crippen molar-refractivity contribution in [1.29, 1.82) is 0 Å². The molecule has 0 radical (unpaired) electrons. The Labute approximate surface area is 474 Å². The van der Waals surface area contributed by atoms with Gasteiger partial charge in [-0.05, 0) is 64.2 Å².